The fraction of sp³-hybridized carbons (Fsp3) is 0.435. The first-order valence-corrected chi connectivity index (χ1v) is 10.2. The summed E-state index contributed by atoms with van der Waals surface area (Å²) in [5.41, 5.74) is 3.42. The van der Waals surface area contributed by atoms with Gasteiger partial charge in [0.25, 0.3) is 5.91 Å². The second kappa shape index (κ2) is 10.5. The van der Waals surface area contributed by atoms with Crippen molar-refractivity contribution in [2.24, 2.45) is 5.92 Å². The number of carbonyl (C=O) groups is 1. The molecule has 0 aliphatic heterocycles. The Hall–Kier alpha value is -1.84. The molecule has 0 unspecified atom stereocenters. The number of hydrogen-bond donors (Lipinski definition) is 2. The van der Waals surface area contributed by atoms with Crippen LogP contribution in [0.2, 0.25) is 5.02 Å². The van der Waals surface area contributed by atoms with Crippen LogP contribution in [-0.2, 0) is 6.42 Å². The second-order valence-corrected chi connectivity index (χ2v) is 7.56. The van der Waals surface area contributed by atoms with E-state index < -0.39 is 0 Å². The van der Waals surface area contributed by atoms with E-state index in [9.17, 15) is 4.79 Å². The fourth-order valence-electron chi connectivity index (χ4n) is 3.44. The third-order valence-electron chi connectivity index (χ3n) is 5.31. The van der Waals surface area contributed by atoms with Crippen LogP contribution in [0.1, 0.15) is 55.1 Å². The summed E-state index contributed by atoms with van der Waals surface area (Å²) in [6, 6.07) is 13.9. The summed E-state index contributed by atoms with van der Waals surface area (Å²) in [4.78, 5) is 12.5. The largest absolute Gasteiger partial charge is 0.321 e. The van der Waals surface area contributed by atoms with Gasteiger partial charge in [-0.3, -0.25) is 4.79 Å². The van der Waals surface area contributed by atoms with Gasteiger partial charge in [-0.05, 0) is 62.1 Å². The van der Waals surface area contributed by atoms with Crippen molar-refractivity contribution >= 4 is 23.2 Å². The van der Waals surface area contributed by atoms with E-state index in [0.717, 1.165) is 24.1 Å². The number of benzene rings is 2. The number of nitrogens with one attached hydrogen (secondary N) is 2. The molecule has 1 amide bonds. The third kappa shape index (κ3) is 6.08. The predicted molar refractivity (Wildman–Crippen MR) is 116 cm³/mol. The smallest absolute Gasteiger partial charge is 0.255 e. The van der Waals surface area contributed by atoms with Crippen molar-refractivity contribution in [3.05, 3.63) is 64.2 Å². The van der Waals surface area contributed by atoms with Crippen LogP contribution in [0.3, 0.4) is 0 Å². The van der Waals surface area contributed by atoms with Gasteiger partial charge in [0.15, 0.2) is 0 Å². The van der Waals surface area contributed by atoms with Gasteiger partial charge in [-0.2, -0.15) is 0 Å². The molecule has 2 aromatic carbocycles. The van der Waals surface area contributed by atoms with Crippen molar-refractivity contribution in [1.29, 1.82) is 0 Å². The fourth-order valence-corrected chi connectivity index (χ4v) is 3.69. The predicted octanol–water partition coefficient (Wildman–Crippen LogP) is 5.86. The zero-order chi connectivity index (χ0) is 19.8. The average molecular weight is 387 g/mol. The van der Waals surface area contributed by atoms with Crippen molar-refractivity contribution in [2.75, 3.05) is 11.9 Å². The van der Waals surface area contributed by atoms with Gasteiger partial charge in [-0.1, -0.05) is 62.6 Å². The molecular weight excluding hydrogens is 356 g/mol. The first kappa shape index (κ1) is 21.5. The van der Waals surface area contributed by atoms with Gasteiger partial charge in [0.1, 0.15) is 0 Å². The summed E-state index contributed by atoms with van der Waals surface area (Å²) in [6.07, 6.45) is 3.31. The number of anilines is 1. The summed E-state index contributed by atoms with van der Waals surface area (Å²) in [5.74, 6) is 0.580. The van der Waals surface area contributed by atoms with Gasteiger partial charge in [-0.25, -0.2) is 0 Å². The summed E-state index contributed by atoms with van der Waals surface area (Å²) in [7, 11) is 0. The molecule has 0 bridgehead atoms. The maximum absolute atomic E-state index is 12.5. The Morgan fingerprint density at radius 3 is 2.44 bits per heavy atom. The highest BCUT2D eigenvalue weighted by atomic mass is 35.5. The molecule has 2 aromatic rings. The van der Waals surface area contributed by atoms with Crippen LogP contribution < -0.4 is 10.6 Å². The van der Waals surface area contributed by atoms with Gasteiger partial charge < -0.3 is 10.6 Å². The average Bonchev–Trinajstić information content (AvgIpc) is 2.65. The first-order chi connectivity index (χ1) is 13.0. The van der Waals surface area contributed by atoms with E-state index in [1.54, 1.807) is 0 Å². The molecule has 0 aliphatic rings. The normalized spacial score (nSPS) is 12.2. The number of aryl methyl sites for hydroxylation is 1. The standard InChI is InChI=1S/C23H31ClN2O/c1-5-19(6-2)17(4)25-14-13-18-11-12-22(21(24)15-18)26-23(27)20-10-8-7-9-16(20)3/h7-12,15,17,19,25H,5-6,13-14H2,1-4H3,(H,26,27)/t17-/m1/s1. The lowest BCUT2D eigenvalue weighted by molar-refractivity contribution is 0.102. The minimum atomic E-state index is -0.136. The van der Waals surface area contributed by atoms with Crippen LogP contribution >= 0.6 is 11.6 Å². The molecule has 2 rings (SSSR count). The zero-order valence-electron chi connectivity index (χ0n) is 16.8. The molecule has 0 saturated carbocycles. The van der Waals surface area contributed by atoms with Crippen LogP contribution in [0.25, 0.3) is 0 Å². The van der Waals surface area contributed by atoms with E-state index in [2.05, 4.69) is 31.4 Å². The lowest BCUT2D eigenvalue weighted by Crippen LogP contribution is -2.34. The Morgan fingerprint density at radius 1 is 1.11 bits per heavy atom. The molecule has 0 saturated heterocycles. The molecule has 3 nitrogen and oxygen atoms in total. The minimum Gasteiger partial charge on any atom is -0.321 e. The van der Waals surface area contributed by atoms with E-state index in [1.807, 2.05) is 49.4 Å². The Labute approximate surface area is 168 Å². The molecule has 0 radical (unpaired) electrons. The highest BCUT2D eigenvalue weighted by Crippen LogP contribution is 2.24. The van der Waals surface area contributed by atoms with E-state index >= 15 is 0 Å². The zero-order valence-corrected chi connectivity index (χ0v) is 17.6. The summed E-state index contributed by atoms with van der Waals surface area (Å²) < 4.78 is 0. The van der Waals surface area contributed by atoms with E-state index in [1.165, 1.54) is 12.8 Å². The molecule has 0 aliphatic carbocycles. The number of hydrogen-bond acceptors (Lipinski definition) is 2. The van der Waals surface area contributed by atoms with Gasteiger partial charge in [0.05, 0.1) is 10.7 Å². The topological polar surface area (TPSA) is 41.1 Å². The van der Waals surface area contributed by atoms with Crippen LogP contribution in [0.15, 0.2) is 42.5 Å². The molecule has 4 heteroatoms. The summed E-state index contributed by atoms with van der Waals surface area (Å²) in [5, 5.41) is 7.10. The molecule has 2 N–H and O–H groups in total. The van der Waals surface area contributed by atoms with E-state index in [4.69, 9.17) is 11.6 Å². The Balaban J connectivity index is 1.93. The van der Waals surface area contributed by atoms with Gasteiger partial charge in [0.2, 0.25) is 0 Å². The van der Waals surface area contributed by atoms with E-state index in [0.29, 0.717) is 28.2 Å². The number of halogens is 1. The lowest BCUT2D eigenvalue weighted by Gasteiger charge is -2.22. The molecule has 146 valence electrons. The molecular formula is C23H31ClN2O. The van der Waals surface area contributed by atoms with Crippen molar-refractivity contribution in [2.45, 2.75) is 53.0 Å². The molecule has 0 fully saturated rings. The maximum atomic E-state index is 12.5. The SMILES string of the molecule is CCC(CC)[C@@H](C)NCCc1ccc(NC(=O)c2ccccc2C)c(Cl)c1. The van der Waals surface area contributed by atoms with Crippen LogP contribution in [0, 0.1) is 12.8 Å². The second-order valence-electron chi connectivity index (χ2n) is 7.15. The molecule has 0 spiro atoms. The highest BCUT2D eigenvalue weighted by molar-refractivity contribution is 6.34. The van der Waals surface area contributed by atoms with E-state index in [-0.39, 0.29) is 5.91 Å². The Bertz CT molecular complexity index is 756. The van der Waals surface area contributed by atoms with Crippen molar-refractivity contribution < 1.29 is 4.79 Å². The molecule has 27 heavy (non-hydrogen) atoms. The Morgan fingerprint density at radius 2 is 1.81 bits per heavy atom. The molecule has 0 heterocycles. The minimum absolute atomic E-state index is 0.136. The number of amides is 1. The van der Waals surface area contributed by atoms with Gasteiger partial charge in [-0.15, -0.1) is 0 Å². The van der Waals surface area contributed by atoms with Crippen LogP contribution in [-0.4, -0.2) is 18.5 Å². The molecule has 0 aromatic heterocycles. The first-order valence-electron chi connectivity index (χ1n) is 9.85. The Kier molecular flexibility index (Phi) is 8.33. The highest BCUT2D eigenvalue weighted by Gasteiger charge is 2.13. The third-order valence-corrected chi connectivity index (χ3v) is 5.62. The van der Waals surface area contributed by atoms with Crippen LogP contribution in [0.4, 0.5) is 5.69 Å². The van der Waals surface area contributed by atoms with Gasteiger partial charge >= 0.3 is 0 Å². The van der Waals surface area contributed by atoms with Crippen molar-refractivity contribution in [3.63, 3.8) is 0 Å². The maximum Gasteiger partial charge on any atom is 0.255 e. The van der Waals surface area contributed by atoms with Crippen LogP contribution in [0.5, 0.6) is 0 Å². The summed E-state index contributed by atoms with van der Waals surface area (Å²) in [6.45, 7) is 9.60. The number of carbonyl (C=O) groups excluding carboxylic acids is 1. The number of rotatable bonds is 9. The molecule has 1 atom stereocenters. The lowest BCUT2D eigenvalue weighted by atomic mass is 9.95. The van der Waals surface area contributed by atoms with Gasteiger partial charge in [0, 0.05) is 11.6 Å². The quantitative estimate of drug-likeness (QED) is 0.566. The van der Waals surface area contributed by atoms with Crippen molar-refractivity contribution in [1.82, 2.24) is 5.32 Å². The summed E-state index contributed by atoms with van der Waals surface area (Å²) >= 11 is 6.40. The monoisotopic (exact) mass is 386 g/mol. The van der Waals surface area contributed by atoms with Crippen molar-refractivity contribution in [3.8, 4) is 0 Å².